The highest BCUT2D eigenvalue weighted by Crippen LogP contribution is 2.33. The van der Waals surface area contributed by atoms with Crippen molar-refractivity contribution in [1.29, 1.82) is 5.26 Å². The fraction of sp³-hybridized carbons (Fsp3) is 0.0952. The summed E-state index contributed by atoms with van der Waals surface area (Å²) in [7, 11) is 0. The molecular formula is C21H15N3O2. The van der Waals surface area contributed by atoms with Crippen molar-refractivity contribution in [2.45, 2.75) is 13.8 Å². The number of nitriles is 1. The minimum atomic E-state index is 0.423. The number of hydrogen-bond donors (Lipinski definition) is 0. The van der Waals surface area contributed by atoms with E-state index in [1.165, 1.54) is 0 Å². The topological polar surface area (TPSA) is 71.9 Å². The Bertz CT molecular complexity index is 1160. The largest absolute Gasteiger partial charge is 0.464 e. The summed E-state index contributed by atoms with van der Waals surface area (Å²) in [5.41, 5.74) is 4.98. The van der Waals surface area contributed by atoms with Gasteiger partial charge in [0.05, 0.1) is 11.6 Å². The molecule has 0 aliphatic rings. The summed E-state index contributed by atoms with van der Waals surface area (Å²) < 4.78 is 11.3. The van der Waals surface area contributed by atoms with Gasteiger partial charge in [0, 0.05) is 18.0 Å². The molecule has 0 aliphatic heterocycles. The maximum atomic E-state index is 9.37. The molecule has 3 heterocycles. The monoisotopic (exact) mass is 341 g/mol. The first kappa shape index (κ1) is 15.9. The third-order valence-corrected chi connectivity index (χ3v) is 4.29. The Hall–Kier alpha value is -3.65. The molecule has 5 nitrogen and oxygen atoms in total. The summed E-state index contributed by atoms with van der Waals surface area (Å²) >= 11 is 0. The van der Waals surface area contributed by atoms with Gasteiger partial charge in [-0.3, -0.25) is 0 Å². The summed E-state index contributed by atoms with van der Waals surface area (Å²) in [5, 5.41) is 10.2. The minimum Gasteiger partial charge on any atom is -0.464 e. The fourth-order valence-corrected chi connectivity index (χ4v) is 3.03. The second-order valence-electron chi connectivity index (χ2n) is 5.99. The fourth-order valence-electron chi connectivity index (χ4n) is 3.03. The average molecular weight is 341 g/mol. The van der Waals surface area contributed by atoms with Crippen LogP contribution >= 0.6 is 0 Å². The molecule has 4 rings (SSSR count). The van der Waals surface area contributed by atoms with Gasteiger partial charge in [-0.15, -0.1) is 0 Å². The Kier molecular flexibility index (Phi) is 3.86. The van der Waals surface area contributed by atoms with E-state index in [0.717, 1.165) is 33.2 Å². The number of pyridine rings is 2. The van der Waals surface area contributed by atoms with Crippen LogP contribution in [0.25, 0.3) is 22.1 Å². The molecule has 3 aromatic heterocycles. The van der Waals surface area contributed by atoms with E-state index in [2.05, 4.69) is 16.0 Å². The normalized spacial score (nSPS) is 10.7. The van der Waals surface area contributed by atoms with E-state index in [0.29, 0.717) is 17.3 Å². The van der Waals surface area contributed by atoms with Crippen molar-refractivity contribution in [3.63, 3.8) is 0 Å². The number of nitrogens with zero attached hydrogens (tertiary/aromatic N) is 3. The van der Waals surface area contributed by atoms with E-state index in [9.17, 15) is 5.26 Å². The summed E-state index contributed by atoms with van der Waals surface area (Å²) in [6.45, 7) is 3.97. The molecule has 0 saturated carbocycles. The van der Waals surface area contributed by atoms with Crippen molar-refractivity contribution in [2.24, 2.45) is 0 Å². The second-order valence-corrected chi connectivity index (χ2v) is 5.99. The van der Waals surface area contributed by atoms with Gasteiger partial charge in [-0.05, 0) is 60.9 Å². The number of fused-ring (bicyclic) bond motifs is 1. The first-order valence-corrected chi connectivity index (χ1v) is 8.14. The Balaban J connectivity index is 1.74. The van der Waals surface area contributed by atoms with Crippen LogP contribution < -0.4 is 4.74 Å². The van der Waals surface area contributed by atoms with Crippen LogP contribution in [0.3, 0.4) is 0 Å². The highest BCUT2D eigenvalue weighted by Gasteiger charge is 2.13. The molecule has 1 aromatic carbocycles. The molecule has 0 aliphatic carbocycles. The van der Waals surface area contributed by atoms with Crippen LogP contribution in [0.4, 0.5) is 0 Å². The molecule has 0 unspecified atom stereocenters. The summed E-state index contributed by atoms with van der Waals surface area (Å²) in [6, 6.07) is 13.5. The Morgan fingerprint density at radius 1 is 1.00 bits per heavy atom. The molecule has 4 aromatic rings. The lowest BCUT2D eigenvalue weighted by Gasteiger charge is -2.12. The average Bonchev–Trinajstić information content (AvgIpc) is 3.12. The quantitative estimate of drug-likeness (QED) is 0.514. The smallest absolute Gasteiger partial charge is 0.230 e. The zero-order chi connectivity index (χ0) is 18.1. The molecule has 5 heteroatoms. The van der Waals surface area contributed by atoms with Crippen molar-refractivity contribution < 1.29 is 9.15 Å². The van der Waals surface area contributed by atoms with Crippen molar-refractivity contribution in [2.75, 3.05) is 0 Å². The van der Waals surface area contributed by atoms with Crippen molar-refractivity contribution in [1.82, 2.24) is 9.97 Å². The lowest BCUT2D eigenvalue weighted by atomic mass is 9.95. The Morgan fingerprint density at radius 3 is 2.65 bits per heavy atom. The third-order valence-electron chi connectivity index (χ3n) is 4.29. The molecule has 0 saturated heterocycles. The number of ether oxygens (including phenoxy) is 1. The SMILES string of the molecule is Cc1cc(Oc2nccc3occc23)ccc1-c1c(C)ccnc1C#N. The van der Waals surface area contributed by atoms with Crippen molar-refractivity contribution in [3.05, 3.63) is 71.9 Å². The van der Waals surface area contributed by atoms with Crippen LogP contribution in [0, 0.1) is 25.2 Å². The van der Waals surface area contributed by atoms with E-state index in [4.69, 9.17) is 9.15 Å². The second kappa shape index (κ2) is 6.34. The molecule has 0 atom stereocenters. The zero-order valence-electron chi connectivity index (χ0n) is 14.4. The van der Waals surface area contributed by atoms with E-state index >= 15 is 0 Å². The van der Waals surface area contributed by atoms with Crippen molar-refractivity contribution in [3.8, 4) is 28.8 Å². The first-order chi connectivity index (χ1) is 12.7. The third kappa shape index (κ3) is 2.68. The van der Waals surface area contributed by atoms with Crippen LogP contribution in [-0.2, 0) is 0 Å². The lowest BCUT2D eigenvalue weighted by molar-refractivity contribution is 0.468. The van der Waals surface area contributed by atoms with Gasteiger partial charge in [0.15, 0.2) is 0 Å². The molecule has 0 N–H and O–H groups in total. The molecular weight excluding hydrogens is 326 g/mol. The van der Waals surface area contributed by atoms with Crippen LogP contribution in [0.2, 0.25) is 0 Å². The molecule has 126 valence electrons. The van der Waals surface area contributed by atoms with Gasteiger partial charge >= 0.3 is 0 Å². The van der Waals surface area contributed by atoms with Gasteiger partial charge in [-0.2, -0.15) is 5.26 Å². The van der Waals surface area contributed by atoms with Crippen molar-refractivity contribution >= 4 is 11.0 Å². The number of aromatic nitrogens is 2. The highest BCUT2D eigenvalue weighted by atomic mass is 16.5. The highest BCUT2D eigenvalue weighted by molar-refractivity contribution is 5.82. The number of benzene rings is 1. The molecule has 0 spiro atoms. The predicted octanol–water partition coefficient (Wildman–Crippen LogP) is 5.17. The molecule has 0 bridgehead atoms. The predicted molar refractivity (Wildman–Crippen MR) is 97.9 cm³/mol. The Labute approximate surface area is 150 Å². The van der Waals surface area contributed by atoms with Gasteiger partial charge in [0.2, 0.25) is 5.88 Å². The lowest BCUT2D eigenvalue weighted by Crippen LogP contribution is -1.95. The molecule has 26 heavy (non-hydrogen) atoms. The van der Waals surface area contributed by atoms with Crippen LogP contribution in [-0.4, -0.2) is 9.97 Å². The van der Waals surface area contributed by atoms with Gasteiger partial charge in [0.1, 0.15) is 23.1 Å². The van der Waals surface area contributed by atoms with Crippen LogP contribution in [0.15, 0.2) is 59.5 Å². The number of rotatable bonds is 3. The maximum absolute atomic E-state index is 9.37. The van der Waals surface area contributed by atoms with Crippen LogP contribution in [0.5, 0.6) is 11.6 Å². The standard InChI is InChI=1S/C21H15N3O2/c1-13-5-8-23-18(12-22)20(13)16-4-3-15(11-14(16)2)26-21-17-7-10-25-19(17)6-9-24-21/h3-11H,1-2H3. The van der Waals surface area contributed by atoms with Gasteiger partial charge < -0.3 is 9.15 Å². The first-order valence-electron chi connectivity index (χ1n) is 8.14. The summed E-state index contributed by atoms with van der Waals surface area (Å²) in [6.07, 6.45) is 4.92. The number of furan rings is 1. The zero-order valence-corrected chi connectivity index (χ0v) is 14.4. The van der Waals surface area contributed by atoms with E-state index in [-0.39, 0.29) is 0 Å². The summed E-state index contributed by atoms with van der Waals surface area (Å²) in [4.78, 5) is 8.47. The summed E-state index contributed by atoms with van der Waals surface area (Å²) in [5.74, 6) is 1.17. The Morgan fingerprint density at radius 2 is 1.85 bits per heavy atom. The molecule has 0 fully saturated rings. The van der Waals surface area contributed by atoms with E-state index < -0.39 is 0 Å². The van der Waals surface area contributed by atoms with Gasteiger partial charge in [0.25, 0.3) is 0 Å². The van der Waals surface area contributed by atoms with Crippen LogP contribution in [0.1, 0.15) is 16.8 Å². The number of hydrogen-bond acceptors (Lipinski definition) is 5. The molecule has 0 amide bonds. The molecule has 0 radical (unpaired) electrons. The van der Waals surface area contributed by atoms with Gasteiger partial charge in [-0.1, -0.05) is 6.07 Å². The number of aryl methyl sites for hydroxylation is 2. The maximum Gasteiger partial charge on any atom is 0.230 e. The van der Waals surface area contributed by atoms with Gasteiger partial charge in [-0.25, -0.2) is 9.97 Å². The minimum absolute atomic E-state index is 0.423. The van der Waals surface area contributed by atoms with E-state index in [1.807, 2.05) is 44.2 Å². The van der Waals surface area contributed by atoms with E-state index in [1.54, 1.807) is 24.7 Å².